The molecule has 0 saturated carbocycles. The van der Waals surface area contributed by atoms with E-state index in [-0.39, 0.29) is 5.56 Å². The zero-order chi connectivity index (χ0) is 18.6. The zero-order valence-electron chi connectivity index (χ0n) is 14.0. The Balaban J connectivity index is 2.44. The van der Waals surface area contributed by atoms with Gasteiger partial charge in [-0.3, -0.25) is 4.79 Å². The molecule has 1 amide bonds. The first-order valence-corrected chi connectivity index (χ1v) is 8.21. The number of aryl methyl sites for hydroxylation is 2. The van der Waals surface area contributed by atoms with Crippen LogP contribution < -0.4 is 5.32 Å². The number of amides is 1. The minimum absolute atomic E-state index is 0.243. The van der Waals surface area contributed by atoms with Crippen LogP contribution in [0.1, 0.15) is 21.5 Å². The minimum atomic E-state index is -1.23. The first-order chi connectivity index (χ1) is 11.8. The Bertz CT molecular complexity index is 866. The molecule has 6 nitrogen and oxygen atoms in total. The predicted octanol–water partition coefficient (Wildman–Crippen LogP) is 3.40. The van der Waals surface area contributed by atoms with E-state index in [1.165, 1.54) is 18.4 Å². The molecule has 2 aromatic rings. The number of carboxylic acids is 1. The Kier molecular flexibility index (Phi) is 5.71. The number of aliphatic carboxylic acids is 1. The van der Waals surface area contributed by atoms with Crippen LogP contribution in [0.25, 0.3) is 11.1 Å². The standard InChI is InChI=1S/C18H17NO5S/c1-10-4-5-12(8-11(10)2)13-9-25-17(16(13)18(23)24-3)19-14(20)6-7-15(21)22/h4-9H,1-3H3,(H,19,20)(H,21,22). The van der Waals surface area contributed by atoms with Crippen molar-refractivity contribution in [3.8, 4) is 11.1 Å². The smallest absolute Gasteiger partial charge is 0.341 e. The average Bonchev–Trinajstić information content (AvgIpc) is 2.98. The zero-order valence-corrected chi connectivity index (χ0v) is 14.8. The van der Waals surface area contributed by atoms with Gasteiger partial charge in [-0.1, -0.05) is 18.2 Å². The highest BCUT2D eigenvalue weighted by molar-refractivity contribution is 7.15. The second-order valence-electron chi connectivity index (χ2n) is 5.30. The molecule has 2 N–H and O–H groups in total. The van der Waals surface area contributed by atoms with Gasteiger partial charge < -0.3 is 15.2 Å². The fraction of sp³-hybridized carbons (Fsp3) is 0.167. The molecule has 0 aliphatic rings. The van der Waals surface area contributed by atoms with Gasteiger partial charge >= 0.3 is 11.9 Å². The number of rotatable bonds is 5. The summed E-state index contributed by atoms with van der Waals surface area (Å²) < 4.78 is 4.84. The average molecular weight is 359 g/mol. The van der Waals surface area contributed by atoms with E-state index in [0.717, 1.165) is 28.8 Å². The number of ether oxygens (including phenoxy) is 1. The maximum atomic E-state index is 12.2. The van der Waals surface area contributed by atoms with E-state index in [4.69, 9.17) is 9.84 Å². The number of esters is 1. The molecular formula is C18H17NO5S. The van der Waals surface area contributed by atoms with Crippen LogP contribution in [0.4, 0.5) is 5.00 Å². The van der Waals surface area contributed by atoms with Crippen molar-refractivity contribution >= 4 is 34.2 Å². The van der Waals surface area contributed by atoms with E-state index in [1.807, 2.05) is 32.0 Å². The number of nitrogens with one attached hydrogen (secondary N) is 1. The summed E-state index contributed by atoms with van der Waals surface area (Å²) in [6, 6.07) is 5.81. The third-order valence-corrected chi connectivity index (χ3v) is 4.51. The quantitative estimate of drug-likeness (QED) is 0.630. The maximum absolute atomic E-state index is 12.2. The SMILES string of the molecule is COC(=O)c1c(-c2ccc(C)c(C)c2)csc1NC(=O)C=CC(=O)O. The van der Waals surface area contributed by atoms with Gasteiger partial charge in [-0.2, -0.15) is 0 Å². The second kappa shape index (κ2) is 7.76. The molecule has 0 bridgehead atoms. The van der Waals surface area contributed by atoms with Crippen LogP contribution in [0.3, 0.4) is 0 Å². The molecular weight excluding hydrogens is 342 g/mol. The molecule has 0 aliphatic carbocycles. The van der Waals surface area contributed by atoms with E-state index in [1.54, 1.807) is 5.38 Å². The Morgan fingerprint density at radius 2 is 1.88 bits per heavy atom. The van der Waals surface area contributed by atoms with Gasteiger partial charge in [0.2, 0.25) is 5.91 Å². The van der Waals surface area contributed by atoms with Crippen LogP contribution in [0.5, 0.6) is 0 Å². The highest BCUT2D eigenvalue weighted by Crippen LogP contribution is 2.36. The first kappa shape index (κ1) is 18.4. The Morgan fingerprint density at radius 1 is 1.16 bits per heavy atom. The molecule has 7 heteroatoms. The van der Waals surface area contributed by atoms with Crippen LogP contribution in [-0.2, 0) is 14.3 Å². The number of hydrogen-bond acceptors (Lipinski definition) is 5. The third kappa shape index (κ3) is 4.33. The van der Waals surface area contributed by atoms with Gasteiger partial charge in [0.1, 0.15) is 10.6 Å². The lowest BCUT2D eigenvalue weighted by Gasteiger charge is -2.08. The number of methoxy groups -OCH3 is 1. The number of anilines is 1. The molecule has 0 saturated heterocycles. The third-order valence-electron chi connectivity index (χ3n) is 3.61. The maximum Gasteiger partial charge on any atom is 0.341 e. The van der Waals surface area contributed by atoms with Crippen molar-refractivity contribution in [2.75, 3.05) is 12.4 Å². The summed E-state index contributed by atoms with van der Waals surface area (Å²) in [7, 11) is 1.26. The molecule has 0 atom stereocenters. The van der Waals surface area contributed by atoms with Crippen LogP contribution in [0, 0.1) is 13.8 Å². The molecule has 25 heavy (non-hydrogen) atoms. The molecule has 130 valence electrons. The normalized spacial score (nSPS) is 10.7. The van der Waals surface area contributed by atoms with Crippen molar-refractivity contribution in [2.45, 2.75) is 13.8 Å². The number of benzene rings is 1. The number of carboxylic acid groups (broad SMARTS) is 1. The van der Waals surface area contributed by atoms with Crippen molar-refractivity contribution in [2.24, 2.45) is 0 Å². The van der Waals surface area contributed by atoms with Gasteiger partial charge in [0, 0.05) is 23.1 Å². The van der Waals surface area contributed by atoms with Crippen LogP contribution >= 0.6 is 11.3 Å². The molecule has 1 heterocycles. The molecule has 1 aromatic heterocycles. The van der Waals surface area contributed by atoms with Crippen LogP contribution in [0.2, 0.25) is 0 Å². The molecule has 0 spiro atoms. The van der Waals surface area contributed by atoms with Crippen molar-refractivity contribution in [3.63, 3.8) is 0 Å². The summed E-state index contributed by atoms with van der Waals surface area (Å²) in [4.78, 5) is 34.5. The van der Waals surface area contributed by atoms with Crippen molar-refractivity contribution in [1.82, 2.24) is 0 Å². The van der Waals surface area contributed by atoms with Gasteiger partial charge in [-0.05, 0) is 30.5 Å². The predicted molar refractivity (Wildman–Crippen MR) is 96.0 cm³/mol. The molecule has 0 unspecified atom stereocenters. The lowest BCUT2D eigenvalue weighted by atomic mass is 9.99. The lowest BCUT2D eigenvalue weighted by Crippen LogP contribution is -2.12. The van der Waals surface area contributed by atoms with E-state index in [0.29, 0.717) is 10.6 Å². The summed E-state index contributed by atoms with van der Waals surface area (Å²) in [6.07, 6.45) is 1.61. The van der Waals surface area contributed by atoms with Gasteiger partial charge in [-0.15, -0.1) is 11.3 Å². The Morgan fingerprint density at radius 3 is 2.48 bits per heavy atom. The van der Waals surface area contributed by atoms with Gasteiger partial charge in [-0.25, -0.2) is 9.59 Å². The summed E-state index contributed by atoms with van der Waals surface area (Å²) in [5.41, 5.74) is 3.94. The Hall–Kier alpha value is -2.93. The lowest BCUT2D eigenvalue weighted by molar-refractivity contribution is -0.131. The van der Waals surface area contributed by atoms with E-state index in [9.17, 15) is 14.4 Å². The van der Waals surface area contributed by atoms with Crippen molar-refractivity contribution < 1.29 is 24.2 Å². The summed E-state index contributed by atoms with van der Waals surface area (Å²) >= 11 is 1.17. The highest BCUT2D eigenvalue weighted by Gasteiger charge is 2.22. The van der Waals surface area contributed by atoms with Crippen LogP contribution in [0.15, 0.2) is 35.7 Å². The minimum Gasteiger partial charge on any atom is -0.478 e. The van der Waals surface area contributed by atoms with Gasteiger partial charge in [0.25, 0.3) is 0 Å². The Labute approximate surface area is 148 Å². The number of hydrogen-bond donors (Lipinski definition) is 2. The molecule has 0 radical (unpaired) electrons. The number of carbonyl (C=O) groups excluding carboxylic acids is 2. The number of thiophene rings is 1. The van der Waals surface area contributed by atoms with E-state index >= 15 is 0 Å². The fourth-order valence-corrected chi connectivity index (χ4v) is 3.14. The molecule has 2 rings (SSSR count). The van der Waals surface area contributed by atoms with Gasteiger partial charge in [0.15, 0.2) is 0 Å². The largest absolute Gasteiger partial charge is 0.478 e. The summed E-state index contributed by atoms with van der Waals surface area (Å²) in [5.74, 6) is -2.45. The molecule has 0 fully saturated rings. The summed E-state index contributed by atoms with van der Waals surface area (Å²) in [6.45, 7) is 3.97. The highest BCUT2D eigenvalue weighted by atomic mass is 32.1. The monoisotopic (exact) mass is 359 g/mol. The fourth-order valence-electron chi connectivity index (χ4n) is 2.18. The molecule has 0 aliphatic heterocycles. The second-order valence-corrected chi connectivity index (χ2v) is 6.18. The number of carbonyl (C=O) groups is 3. The topological polar surface area (TPSA) is 92.7 Å². The van der Waals surface area contributed by atoms with E-state index in [2.05, 4.69) is 5.32 Å². The molecule has 1 aromatic carbocycles. The van der Waals surface area contributed by atoms with E-state index < -0.39 is 17.8 Å². The van der Waals surface area contributed by atoms with Crippen molar-refractivity contribution in [3.05, 3.63) is 52.4 Å². The van der Waals surface area contributed by atoms with Crippen LogP contribution in [-0.4, -0.2) is 30.1 Å². The van der Waals surface area contributed by atoms with Gasteiger partial charge in [0.05, 0.1) is 7.11 Å². The first-order valence-electron chi connectivity index (χ1n) is 7.33. The van der Waals surface area contributed by atoms with Crippen molar-refractivity contribution in [1.29, 1.82) is 0 Å². The summed E-state index contributed by atoms with van der Waals surface area (Å²) in [5, 5.41) is 13.2.